The van der Waals surface area contributed by atoms with Gasteiger partial charge in [0, 0.05) is 24.0 Å². The Kier molecular flexibility index (Phi) is 3.93. The first kappa shape index (κ1) is 12.3. The molecule has 1 aliphatic rings. The number of anilines is 1. The van der Waals surface area contributed by atoms with E-state index in [1.165, 1.54) is 11.5 Å². The van der Waals surface area contributed by atoms with Gasteiger partial charge in [-0.05, 0) is 12.8 Å². The van der Waals surface area contributed by atoms with Crippen LogP contribution in [0, 0.1) is 5.92 Å². The van der Waals surface area contributed by atoms with Gasteiger partial charge in [-0.3, -0.25) is 4.79 Å². The van der Waals surface area contributed by atoms with Crippen molar-refractivity contribution in [2.75, 3.05) is 5.32 Å². The molecule has 0 saturated heterocycles. The van der Waals surface area contributed by atoms with Crippen LogP contribution in [-0.2, 0) is 11.2 Å². The van der Waals surface area contributed by atoms with Crippen LogP contribution in [0.1, 0.15) is 38.4 Å². The van der Waals surface area contributed by atoms with Gasteiger partial charge in [-0.2, -0.15) is 4.37 Å². The lowest BCUT2D eigenvalue weighted by atomic mass is 9.84. The molecule has 0 aromatic carbocycles. The first-order valence-electron chi connectivity index (χ1n) is 6.09. The number of nitrogens with one attached hydrogen (secondary N) is 1. The molecule has 0 aliphatic heterocycles. The molecule has 5 nitrogen and oxygen atoms in total. The first-order valence-corrected chi connectivity index (χ1v) is 6.86. The van der Waals surface area contributed by atoms with Crippen LogP contribution in [-0.4, -0.2) is 21.3 Å². The van der Waals surface area contributed by atoms with E-state index in [1.807, 2.05) is 6.92 Å². The van der Waals surface area contributed by atoms with E-state index in [0.717, 1.165) is 43.1 Å². The molecule has 2 atom stereocenters. The molecule has 94 valence electrons. The van der Waals surface area contributed by atoms with E-state index in [4.69, 9.17) is 5.73 Å². The minimum atomic E-state index is -0.206. The monoisotopic (exact) mass is 254 g/mol. The van der Waals surface area contributed by atoms with Crippen molar-refractivity contribution < 1.29 is 4.79 Å². The molecule has 3 N–H and O–H groups in total. The van der Waals surface area contributed by atoms with E-state index in [-0.39, 0.29) is 17.9 Å². The van der Waals surface area contributed by atoms with Crippen molar-refractivity contribution in [2.24, 2.45) is 11.7 Å². The second-order valence-electron chi connectivity index (χ2n) is 4.41. The minimum absolute atomic E-state index is 0.0715. The van der Waals surface area contributed by atoms with E-state index in [2.05, 4.69) is 14.7 Å². The highest BCUT2D eigenvalue weighted by Gasteiger charge is 2.29. The van der Waals surface area contributed by atoms with Crippen LogP contribution in [0.4, 0.5) is 5.13 Å². The molecule has 17 heavy (non-hydrogen) atoms. The summed E-state index contributed by atoms with van der Waals surface area (Å²) in [4.78, 5) is 15.7. The fourth-order valence-corrected chi connectivity index (χ4v) is 2.97. The second kappa shape index (κ2) is 5.44. The molecule has 1 fully saturated rings. The number of nitrogens with zero attached hydrogens (tertiary/aromatic N) is 2. The Hall–Kier alpha value is -1.17. The molecule has 2 unspecified atom stereocenters. The molecule has 1 saturated carbocycles. The van der Waals surface area contributed by atoms with Gasteiger partial charge in [0.15, 0.2) is 0 Å². The number of hydrogen-bond donors (Lipinski definition) is 2. The van der Waals surface area contributed by atoms with Gasteiger partial charge in [0.2, 0.25) is 11.0 Å². The van der Waals surface area contributed by atoms with Gasteiger partial charge in [-0.15, -0.1) is 0 Å². The highest BCUT2D eigenvalue weighted by Crippen LogP contribution is 2.27. The van der Waals surface area contributed by atoms with Gasteiger partial charge in [0.25, 0.3) is 0 Å². The predicted octanol–water partition coefficient (Wildman–Crippen LogP) is 1.56. The van der Waals surface area contributed by atoms with E-state index < -0.39 is 0 Å². The largest absolute Gasteiger partial charge is 0.369 e. The third-order valence-corrected chi connectivity index (χ3v) is 3.91. The maximum Gasteiger partial charge on any atom is 0.222 e. The maximum absolute atomic E-state index is 11.4. The average Bonchev–Trinajstić information content (AvgIpc) is 2.77. The molecule has 2 rings (SSSR count). The first-order chi connectivity index (χ1) is 8.20. The number of hydrogen-bond acceptors (Lipinski definition) is 5. The third kappa shape index (κ3) is 2.94. The molecular formula is C11H18N4OS. The highest BCUT2D eigenvalue weighted by atomic mass is 32.1. The van der Waals surface area contributed by atoms with Crippen LogP contribution in [0.5, 0.6) is 0 Å². The Morgan fingerprint density at radius 1 is 1.53 bits per heavy atom. The molecule has 0 spiro atoms. The van der Waals surface area contributed by atoms with Crippen LogP contribution in [0.2, 0.25) is 0 Å². The van der Waals surface area contributed by atoms with Gasteiger partial charge >= 0.3 is 0 Å². The molecule has 6 heteroatoms. The van der Waals surface area contributed by atoms with Crippen LogP contribution >= 0.6 is 11.5 Å². The zero-order chi connectivity index (χ0) is 12.3. The SMILES string of the molecule is CCc1nsc(NC2CCCCC2C(N)=O)n1. The normalized spacial score (nSPS) is 24.5. The molecule has 1 heterocycles. The standard InChI is InChI=1S/C11H18N4OS/c1-2-9-14-11(17-15-9)13-8-6-4-3-5-7(8)10(12)16/h7-8H,2-6H2,1H3,(H2,12,16)(H,13,14,15). The zero-order valence-electron chi connectivity index (χ0n) is 9.98. The summed E-state index contributed by atoms with van der Waals surface area (Å²) < 4.78 is 4.22. The Morgan fingerprint density at radius 2 is 2.29 bits per heavy atom. The Balaban J connectivity index is 2.02. The molecule has 1 aromatic rings. The molecule has 1 aromatic heterocycles. The van der Waals surface area contributed by atoms with Gasteiger partial charge in [-0.1, -0.05) is 19.8 Å². The summed E-state index contributed by atoms with van der Waals surface area (Å²) in [7, 11) is 0. The van der Waals surface area contributed by atoms with Crippen molar-refractivity contribution in [1.29, 1.82) is 0 Å². The van der Waals surface area contributed by atoms with E-state index in [9.17, 15) is 4.79 Å². The number of aryl methyl sites for hydroxylation is 1. The number of primary amides is 1. The topological polar surface area (TPSA) is 80.9 Å². The van der Waals surface area contributed by atoms with E-state index in [1.54, 1.807) is 0 Å². The lowest BCUT2D eigenvalue weighted by Gasteiger charge is -2.29. The van der Waals surface area contributed by atoms with Gasteiger partial charge < -0.3 is 11.1 Å². The van der Waals surface area contributed by atoms with Crippen molar-refractivity contribution in [1.82, 2.24) is 9.36 Å². The number of carbonyl (C=O) groups is 1. The van der Waals surface area contributed by atoms with Crippen LogP contribution < -0.4 is 11.1 Å². The minimum Gasteiger partial charge on any atom is -0.369 e. The van der Waals surface area contributed by atoms with Gasteiger partial charge in [0.05, 0.1) is 5.92 Å². The Bertz CT molecular complexity index is 393. The summed E-state index contributed by atoms with van der Waals surface area (Å²) in [6, 6.07) is 0.124. The summed E-state index contributed by atoms with van der Waals surface area (Å²) in [5, 5.41) is 4.12. The van der Waals surface area contributed by atoms with Crippen molar-refractivity contribution in [2.45, 2.75) is 45.1 Å². The van der Waals surface area contributed by atoms with Crippen LogP contribution in [0.15, 0.2) is 0 Å². The average molecular weight is 254 g/mol. The number of carbonyl (C=O) groups excluding carboxylic acids is 1. The molecule has 1 amide bonds. The van der Waals surface area contributed by atoms with Crippen molar-refractivity contribution in [3.8, 4) is 0 Å². The van der Waals surface area contributed by atoms with Gasteiger partial charge in [0.1, 0.15) is 5.82 Å². The van der Waals surface area contributed by atoms with Crippen molar-refractivity contribution in [3.05, 3.63) is 5.82 Å². The summed E-state index contributed by atoms with van der Waals surface area (Å²) in [6.07, 6.45) is 4.92. The molecular weight excluding hydrogens is 236 g/mol. The smallest absolute Gasteiger partial charge is 0.222 e. The van der Waals surface area contributed by atoms with E-state index >= 15 is 0 Å². The third-order valence-electron chi connectivity index (χ3n) is 3.22. The number of aromatic nitrogens is 2. The van der Waals surface area contributed by atoms with Crippen molar-refractivity contribution >= 4 is 22.6 Å². The van der Waals surface area contributed by atoms with E-state index in [0.29, 0.717) is 0 Å². The summed E-state index contributed by atoms with van der Waals surface area (Å²) >= 11 is 1.36. The van der Waals surface area contributed by atoms with Crippen LogP contribution in [0.3, 0.4) is 0 Å². The summed E-state index contributed by atoms with van der Waals surface area (Å²) in [6.45, 7) is 2.03. The second-order valence-corrected chi connectivity index (χ2v) is 5.17. The Labute approximate surface area is 105 Å². The lowest BCUT2D eigenvalue weighted by Crippen LogP contribution is -2.40. The van der Waals surface area contributed by atoms with Crippen LogP contribution in [0.25, 0.3) is 0 Å². The fraction of sp³-hybridized carbons (Fsp3) is 0.727. The summed E-state index contributed by atoms with van der Waals surface area (Å²) in [5.41, 5.74) is 5.43. The molecule has 1 aliphatic carbocycles. The highest BCUT2D eigenvalue weighted by molar-refractivity contribution is 7.09. The molecule has 0 radical (unpaired) electrons. The van der Waals surface area contributed by atoms with Gasteiger partial charge in [-0.25, -0.2) is 4.98 Å². The predicted molar refractivity (Wildman–Crippen MR) is 67.9 cm³/mol. The number of nitrogens with two attached hydrogens (primary N) is 1. The molecule has 0 bridgehead atoms. The zero-order valence-corrected chi connectivity index (χ0v) is 10.8. The number of rotatable bonds is 4. The van der Waals surface area contributed by atoms with Crippen molar-refractivity contribution in [3.63, 3.8) is 0 Å². The maximum atomic E-state index is 11.4. The number of amides is 1. The summed E-state index contributed by atoms with van der Waals surface area (Å²) in [5.74, 6) is 0.573. The fourth-order valence-electron chi connectivity index (χ4n) is 2.26. The Morgan fingerprint density at radius 3 is 2.94 bits per heavy atom. The quantitative estimate of drug-likeness (QED) is 0.854. The lowest BCUT2D eigenvalue weighted by molar-refractivity contribution is -0.122.